The topological polar surface area (TPSA) is 44.5 Å². The summed E-state index contributed by atoms with van der Waals surface area (Å²) < 4.78 is 58.2. The highest BCUT2D eigenvalue weighted by atomic mass is 19.4. The first-order valence-electron chi connectivity index (χ1n) is 5.86. The fourth-order valence-electron chi connectivity index (χ4n) is 1.55. The zero-order valence-corrected chi connectivity index (χ0v) is 10.7. The summed E-state index contributed by atoms with van der Waals surface area (Å²) in [6.07, 6.45) is -4.72. The van der Waals surface area contributed by atoms with E-state index in [2.05, 4.69) is 4.74 Å². The molecule has 2 aromatic rings. The third kappa shape index (κ3) is 4.55. The van der Waals surface area contributed by atoms with Gasteiger partial charge in [0, 0.05) is 6.07 Å². The number of halogens is 4. The molecule has 7 heteroatoms. The van der Waals surface area contributed by atoms with Crippen LogP contribution in [-0.4, -0.2) is 6.36 Å². The zero-order chi connectivity index (χ0) is 15.5. The number of rotatable bonds is 4. The first-order chi connectivity index (χ1) is 9.83. The Morgan fingerprint density at radius 1 is 0.952 bits per heavy atom. The predicted octanol–water partition coefficient (Wildman–Crippen LogP) is 3.89. The van der Waals surface area contributed by atoms with Crippen LogP contribution in [-0.2, 0) is 6.61 Å². The minimum Gasteiger partial charge on any atom is -0.489 e. The highest BCUT2D eigenvalue weighted by Crippen LogP contribution is 2.23. The number of ether oxygens (including phenoxy) is 2. The van der Waals surface area contributed by atoms with Gasteiger partial charge in [0.2, 0.25) is 0 Å². The van der Waals surface area contributed by atoms with E-state index in [-0.39, 0.29) is 23.8 Å². The van der Waals surface area contributed by atoms with Gasteiger partial charge in [0.1, 0.15) is 23.9 Å². The average Bonchev–Trinajstić information content (AvgIpc) is 2.40. The molecule has 21 heavy (non-hydrogen) atoms. The molecule has 3 nitrogen and oxygen atoms in total. The number of hydrogen-bond acceptors (Lipinski definition) is 3. The Bertz CT molecular complexity index is 611. The normalized spacial score (nSPS) is 11.2. The van der Waals surface area contributed by atoms with E-state index < -0.39 is 12.2 Å². The largest absolute Gasteiger partial charge is 0.573 e. The average molecular weight is 301 g/mol. The molecule has 2 rings (SSSR count). The number of benzene rings is 2. The van der Waals surface area contributed by atoms with Crippen LogP contribution in [0.25, 0.3) is 0 Å². The molecule has 0 saturated heterocycles. The van der Waals surface area contributed by atoms with Crippen molar-refractivity contribution in [2.45, 2.75) is 13.0 Å². The zero-order valence-electron chi connectivity index (χ0n) is 10.7. The molecule has 2 aromatic carbocycles. The van der Waals surface area contributed by atoms with Crippen molar-refractivity contribution in [3.63, 3.8) is 0 Å². The van der Waals surface area contributed by atoms with Gasteiger partial charge < -0.3 is 15.2 Å². The van der Waals surface area contributed by atoms with Crippen LogP contribution in [0.15, 0.2) is 42.5 Å². The van der Waals surface area contributed by atoms with Crippen LogP contribution in [0, 0.1) is 5.82 Å². The highest BCUT2D eigenvalue weighted by Gasteiger charge is 2.30. The van der Waals surface area contributed by atoms with Crippen molar-refractivity contribution in [2.24, 2.45) is 0 Å². The lowest BCUT2D eigenvalue weighted by atomic mass is 10.2. The lowest BCUT2D eigenvalue weighted by molar-refractivity contribution is -0.274. The van der Waals surface area contributed by atoms with Gasteiger partial charge in [-0.05, 0) is 29.8 Å². The molecule has 0 bridgehead atoms. The minimum atomic E-state index is -4.72. The summed E-state index contributed by atoms with van der Waals surface area (Å²) >= 11 is 0. The second-order valence-corrected chi connectivity index (χ2v) is 4.16. The molecule has 0 unspecified atom stereocenters. The van der Waals surface area contributed by atoms with E-state index in [0.29, 0.717) is 5.56 Å². The fraction of sp³-hybridized carbons (Fsp3) is 0.143. The molecule has 0 atom stereocenters. The van der Waals surface area contributed by atoms with Crippen LogP contribution in [0.1, 0.15) is 5.56 Å². The maximum atomic E-state index is 13.2. The lowest BCUT2D eigenvalue weighted by Crippen LogP contribution is -2.17. The van der Waals surface area contributed by atoms with Gasteiger partial charge in [-0.15, -0.1) is 13.2 Å². The fourth-order valence-corrected chi connectivity index (χ4v) is 1.55. The van der Waals surface area contributed by atoms with E-state index in [1.54, 1.807) is 0 Å². The van der Waals surface area contributed by atoms with Crippen molar-refractivity contribution in [3.05, 3.63) is 53.8 Å². The van der Waals surface area contributed by atoms with Gasteiger partial charge in [0.25, 0.3) is 0 Å². The Kier molecular flexibility index (Phi) is 4.21. The van der Waals surface area contributed by atoms with Gasteiger partial charge >= 0.3 is 6.36 Å². The second-order valence-electron chi connectivity index (χ2n) is 4.16. The van der Waals surface area contributed by atoms with Crippen molar-refractivity contribution in [1.82, 2.24) is 0 Å². The van der Waals surface area contributed by atoms with Crippen molar-refractivity contribution < 1.29 is 27.0 Å². The van der Waals surface area contributed by atoms with E-state index in [1.807, 2.05) is 0 Å². The molecular weight excluding hydrogens is 290 g/mol. The summed E-state index contributed by atoms with van der Waals surface area (Å²) in [5.41, 5.74) is 5.95. The van der Waals surface area contributed by atoms with Crippen LogP contribution in [0.3, 0.4) is 0 Å². The first-order valence-corrected chi connectivity index (χ1v) is 5.86. The smallest absolute Gasteiger partial charge is 0.489 e. The summed E-state index contributed by atoms with van der Waals surface area (Å²) in [6, 6.07) is 9.20. The van der Waals surface area contributed by atoms with Crippen LogP contribution >= 0.6 is 0 Å². The van der Waals surface area contributed by atoms with Crippen LogP contribution in [0.2, 0.25) is 0 Å². The number of nitrogen functional groups attached to an aromatic ring is 1. The molecule has 0 aliphatic carbocycles. The summed E-state index contributed by atoms with van der Waals surface area (Å²) in [4.78, 5) is 0. The molecule has 112 valence electrons. The Morgan fingerprint density at radius 3 is 2.14 bits per heavy atom. The van der Waals surface area contributed by atoms with E-state index in [0.717, 1.165) is 6.07 Å². The molecule has 0 spiro atoms. The van der Waals surface area contributed by atoms with Gasteiger partial charge in [0.15, 0.2) is 0 Å². The van der Waals surface area contributed by atoms with Crippen molar-refractivity contribution >= 4 is 5.69 Å². The quantitative estimate of drug-likeness (QED) is 0.688. The molecule has 0 aromatic heterocycles. The van der Waals surface area contributed by atoms with Gasteiger partial charge in [-0.3, -0.25) is 0 Å². The van der Waals surface area contributed by atoms with E-state index in [9.17, 15) is 17.6 Å². The van der Waals surface area contributed by atoms with Crippen LogP contribution in [0.4, 0.5) is 23.2 Å². The Hall–Kier alpha value is -2.44. The lowest BCUT2D eigenvalue weighted by Gasteiger charge is -2.10. The van der Waals surface area contributed by atoms with Crippen LogP contribution in [0.5, 0.6) is 11.5 Å². The van der Waals surface area contributed by atoms with E-state index in [4.69, 9.17) is 10.5 Å². The molecule has 2 N–H and O–H groups in total. The molecule has 0 amide bonds. The number of alkyl halides is 3. The summed E-state index contributed by atoms with van der Waals surface area (Å²) in [7, 11) is 0. The molecule has 0 radical (unpaired) electrons. The standard InChI is InChI=1S/C14H11F4NO2/c15-12-7-11(5-6-13(12)19)20-8-9-1-3-10(4-2-9)21-14(16,17)18/h1-7H,8,19H2. The van der Waals surface area contributed by atoms with Gasteiger partial charge in [-0.1, -0.05) is 12.1 Å². The number of anilines is 1. The molecular formula is C14H11F4NO2. The van der Waals surface area contributed by atoms with E-state index >= 15 is 0 Å². The monoisotopic (exact) mass is 301 g/mol. The number of nitrogens with two attached hydrogens (primary N) is 1. The van der Waals surface area contributed by atoms with Crippen molar-refractivity contribution in [3.8, 4) is 11.5 Å². The van der Waals surface area contributed by atoms with Gasteiger partial charge in [-0.25, -0.2) is 4.39 Å². The van der Waals surface area contributed by atoms with Gasteiger partial charge in [0.05, 0.1) is 5.69 Å². The van der Waals surface area contributed by atoms with Gasteiger partial charge in [-0.2, -0.15) is 0 Å². The highest BCUT2D eigenvalue weighted by molar-refractivity contribution is 5.43. The Labute approximate surface area is 117 Å². The first kappa shape index (κ1) is 15.0. The molecule has 0 saturated carbocycles. The third-order valence-corrected chi connectivity index (χ3v) is 2.53. The summed E-state index contributed by atoms with van der Waals surface area (Å²) in [6.45, 7) is 0.0790. The number of hydrogen-bond donors (Lipinski definition) is 1. The maximum absolute atomic E-state index is 13.2. The second kappa shape index (κ2) is 5.90. The SMILES string of the molecule is Nc1ccc(OCc2ccc(OC(F)(F)F)cc2)cc1F. The van der Waals surface area contributed by atoms with Crippen molar-refractivity contribution in [2.75, 3.05) is 5.73 Å². The minimum absolute atomic E-state index is 0.0102. The Balaban J connectivity index is 1.96. The molecule has 0 fully saturated rings. The maximum Gasteiger partial charge on any atom is 0.573 e. The molecule has 0 aliphatic heterocycles. The Morgan fingerprint density at radius 2 is 1.57 bits per heavy atom. The summed E-state index contributed by atoms with van der Waals surface area (Å²) in [5.74, 6) is -0.636. The molecule has 0 heterocycles. The summed E-state index contributed by atoms with van der Waals surface area (Å²) in [5, 5.41) is 0. The molecule has 0 aliphatic rings. The van der Waals surface area contributed by atoms with E-state index in [1.165, 1.54) is 36.4 Å². The van der Waals surface area contributed by atoms with Crippen LogP contribution < -0.4 is 15.2 Å². The van der Waals surface area contributed by atoms with Crippen molar-refractivity contribution in [1.29, 1.82) is 0 Å². The third-order valence-electron chi connectivity index (χ3n) is 2.53. The predicted molar refractivity (Wildman–Crippen MR) is 68.3 cm³/mol.